The molecule has 0 amide bonds. The number of aliphatic hydroxyl groups is 1. The van der Waals surface area contributed by atoms with Crippen LogP contribution < -0.4 is 4.74 Å². The molecule has 2 rings (SSSR count). The van der Waals surface area contributed by atoms with Crippen LogP contribution >= 0.6 is 11.6 Å². The van der Waals surface area contributed by atoms with Gasteiger partial charge in [-0.15, -0.1) is 11.6 Å². The van der Waals surface area contributed by atoms with Crippen LogP contribution in [-0.4, -0.2) is 11.0 Å². The molecular weight excluding hydrogens is 248 g/mol. The van der Waals surface area contributed by atoms with Crippen LogP contribution in [0.3, 0.4) is 0 Å². The molecule has 0 spiro atoms. The highest BCUT2D eigenvalue weighted by molar-refractivity contribution is 6.18. The van der Waals surface area contributed by atoms with Crippen LogP contribution in [-0.2, 0) is 6.61 Å². The number of hydrogen-bond acceptors (Lipinski definition) is 2. The second-order valence-corrected chi connectivity index (χ2v) is 4.32. The summed E-state index contributed by atoms with van der Waals surface area (Å²) in [6.45, 7) is 0.540. The first-order chi connectivity index (χ1) is 8.79. The highest BCUT2D eigenvalue weighted by atomic mass is 35.5. The van der Waals surface area contributed by atoms with Crippen molar-refractivity contribution in [2.24, 2.45) is 0 Å². The van der Waals surface area contributed by atoms with Gasteiger partial charge in [0.15, 0.2) is 0 Å². The van der Waals surface area contributed by atoms with Crippen LogP contribution in [0.25, 0.3) is 0 Å². The van der Waals surface area contributed by atoms with E-state index in [1.807, 2.05) is 54.6 Å². The van der Waals surface area contributed by atoms with Gasteiger partial charge < -0.3 is 9.84 Å². The Labute approximate surface area is 112 Å². The molecule has 0 bridgehead atoms. The molecule has 0 saturated carbocycles. The number of rotatable bonds is 5. The monoisotopic (exact) mass is 262 g/mol. The molecule has 18 heavy (non-hydrogen) atoms. The Morgan fingerprint density at radius 1 is 1.00 bits per heavy atom. The summed E-state index contributed by atoms with van der Waals surface area (Å²) in [5.74, 6) is 0.980. The molecule has 1 unspecified atom stereocenters. The van der Waals surface area contributed by atoms with E-state index in [1.165, 1.54) is 0 Å². The van der Waals surface area contributed by atoms with Crippen molar-refractivity contribution in [3.63, 3.8) is 0 Å². The van der Waals surface area contributed by atoms with Crippen LogP contribution in [0.2, 0.25) is 0 Å². The van der Waals surface area contributed by atoms with Crippen molar-refractivity contribution in [2.45, 2.75) is 12.7 Å². The number of alkyl halides is 1. The lowest BCUT2D eigenvalue weighted by molar-refractivity contribution is 0.202. The summed E-state index contributed by atoms with van der Waals surface area (Å²) < 4.78 is 5.65. The molecule has 1 N–H and O–H groups in total. The van der Waals surface area contributed by atoms with Gasteiger partial charge in [-0.05, 0) is 23.3 Å². The van der Waals surface area contributed by atoms with Crippen molar-refractivity contribution in [2.75, 3.05) is 5.88 Å². The standard InChI is InChI=1S/C15H15ClO2/c16-10-15(17)13-6-8-14(9-7-13)18-11-12-4-2-1-3-5-12/h1-9,15,17H,10-11H2. The fourth-order valence-electron chi connectivity index (χ4n) is 1.62. The largest absolute Gasteiger partial charge is 0.489 e. The minimum absolute atomic E-state index is 0.199. The first kappa shape index (κ1) is 12.9. The summed E-state index contributed by atoms with van der Waals surface area (Å²) in [4.78, 5) is 0. The van der Waals surface area contributed by atoms with E-state index < -0.39 is 6.10 Å². The van der Waals surface area contributed by atoms with E-state index in [2.05, 4.69) is 0 Å². The van der Waals surface area contributed by atoms with Crippen LogP contribution in [0.1, 0.15) is 17.2 Å². The summed E-state index contributed by atoms with van der Waals surface area (Å²) in [6.07, 6.45) is -0.616. The van der Waals surface area contributed by atoms with Crippen LogP contribution in [0.15, 0.2) is 54.6 Å². The molecule has 0 aliphatic heterocycles. The van der Waals surface area contributed by atoms with Gasteiger partial charge in [0.2, 0.25) is 0 Å². The van der Waals surface area contributed by atoms with Gasteiger partial charge in [0, 0.05) is 0 Å². The van der Waals surface area contributed by atoms with Gasteiger partial charge in [0.1, 0.15) is 12.4 Å². The molecule has 0 radical (unpaired) electrons. The zero-order chi connectivity index (χ0) is 12.8. The molecule has 1 atom stereocenters. The zero-order valence-corrected chi connectivity index (χ0v) is 10.7. The summed E-state index contributed by atoms with van der Waals surface area (Å²) in [5, 5.41) is 9.56. The molecule has 2 aromatic rings. The predicted molar refractivity (Wildman–Crippen MR) is 72.9 cm³/mol. The Hall–Kier alpha value is -1.51. The highest BCUT2D eigenvalue weighted by Gasteiger charge is 2.05. The van der Waals surface area contributed by atoms with Crippen LogP contribution in [0.5, 0.6) is 5.75 Å². The molecular formula is C15H15ClO2. The summed E-state index contributed by atoms with van der Waals surface area (Å²) in [7, 11) is 0. The van der Waals surface area contributed by atoms with Crippen LogP contribution in [0.4, 0.5) is 0 Å². The molecule has 0 saturated heterocycles. The van der Waals surface area contributed by atoms with E-state index in [9.17, 15) is 5.11 Å². The SMILES string of the molecule is OC(CCl)c1ccc(OCc2ccccc2)cc1. The zero-order valence-electron chi connectivity index (χ0n) is 9.92. The third-order valence-corrected chi connectivity index (χ3v) is 2.95. The maximum atomic E-state index is 9.56. The van der Waals surface area contributed by atoms with E-state index in [0.717, 1.165) is 16.9 Å². The lowest BCUT2D eigenvalue weighted by atomic mass is 10.1. The Kier molecular flexibility index (Phi) is 4.62. The van der Waals surface area contributed by atoms with Gasteiger partial charge in [-0.25, -0.2) is 0 Å². The topological polar surface area (TPSA) is 29.5 Å². The molecule has 0 aliphatic carbocycles. The van der Waals surface area contributed by atoms with E-state index in [-0.39, 0.29) is 5.88 Å². The molecule has 0 aliphatic rings. The predicted octanol–water partition coefficient (Wildman–Crippen LogP) is 3.54. The van der Waals surface area contributed by atoms with Crippen molar-refractivity contribution < 1.29 is 9.84 Å². The quantitative estimate of drug-likeness (QED) is 0.836. The normalized spacial score (nSPS) is 12.1. The van der Waals surface area contributed by atoms with Gasteiger partial charge in [-0.3, -0.25) is 0 Å². The molecule has 0 heterocycles. The number of hydrogen-bond donors (Lipinski definition) is 1. The van der Waals surface area contributed by atoms with Crippen molar-refractivity contribution in [1.29, 1.82) is 0 Å². The molecule has 2 aromatic carbocycles. The van der Waals surface area contributed by atoms with Gasteiger partial charge in [-0.1, -0.05) is 42.5 Å². The average Bonchev–Trinajstić information content (AvgIpc) is 2.46. The van der Waals surface area contributed by atoms with Crippen molar-refractivity contribution in [1.82, 2.24) is 0 Å². The second kappa shape index (κ2) is 6.43. The van der Waals surface area contributed by atoms with E-state index in [0.29, 0.717) is 6.61 Å². The van der Waals surface area contributed by atoms with Crippen molar-refractivity contribution >= 4 is 11.6 Å². The minimum Gasteiger partial charge on any atom is -0.489 e. The number of ether oxygens (including phenoxy) is 1. The smallest absolute Gasteiger partial charge is 0.119 e. The fourth-order valence-corrected chi connectivity index (χ4v) is 1.79. The van der Waals surface area contributed by atoms with Crippen molar-refractivity contribution in [3.05, 3.63) is 65.7 Å². The highest BCUT2D eigenvalue weighted by Crippen LogP contribution is 2.19. The molecule has 0 aromatic heterocycles. The van der Waals surface area contributed by atoms with E-state index in [4.69, 9.17) is 16.3 Å². The first-order valence-corrected chi connectivity index (χ1v) is 6.34. The van der Waals surface area contributed by atoms with Gasteiger partial charge >= 0.3 is 0 Å². The number of benzene rings is 2. The Bertz CT molecular complexity index is 468. The van der Waals surface area contributed by atoms with Crippen molar-refractivity contribution in [3.8, 4) is 5.75 Å². The second-order valence-electron chi connectivity index (χ2n) is 4.01. The minimum atomic E-state index is -0.616. The first-order valence-electron chi connectivity index (χ1n) is 5.80. The maximum absolute atomic E-state index is 9.56. The summed E-state index contributed by atoms with van der Waals surface area (Å²) in [5.41, 5.74) is 1.93. The number of aliphatic hydroxyl groups excluding tert-OH is 1. The van der Waals surface area contributed by atoms with Gasteiger partial charge in [-0.2, -0.15) is 0 Å². The van der Waals surface area contributed by atoms with E-state index in [1.54, 1.807) is 0 Å². The Balaban J connectivity index is 1.94. The van der Waals surface area contributed by atoms with Crippen LogP contribution in [0, 0.1) is 0 Å². The fraction of sp³-hybridized carbons (Fsp3) is 0.200. The van der Waals surface area contributed by atoms with Gasteiger partial charge in [0.25, 0.3) is 0 Å². The Morgan fingerprint density at radius 2 is 1.67 bits per heavy atom. The maximum Gasteiger partial charge on any atom is 0.119 e. The third kappa shape index (κ3) is 3.49. The number of halogens is 1. The summed E-state index contributed by atoms with van der Waals surface area (Å²) >= 11 is 5.59. The lowest BCUT2D eigenvalue weighted by Crippen LogP contribution is -1.99. The third-order valence-electron chi connectivity index (χ3n) is 2.66. The average molecular weight is 263 g/mol. The molecule has 94 valence electrons. The Morgan fingerprint density at radius 3 is 2.28 bits per heavy atom. The van der Waals surface area contributed by atoms with E-state index >= 15 is 0 Å². The molecule has 3 heteroatoms. The lowest BCUT2D eigenvalue weighted by Gasteiger charge is -2.09. The van der Waals surface area contributed by atoms with Gasteiger partial charge in [0.05, 0.1) is 12.0 Å². The summed E-state index contributed by atoms with van der Waals surface area (Å²) in [6, 6.07) is 17.3. The molecule has 2 nitrogen and oxygen atoms in total. The molecule has 0 fully saturated rings.